The number of nitriles is 1. The molecule has 0 unspecified atom stereocenters. The topological polar surface area (TPSA) is 56.5 Å². The Morgan fingerprint density at radius 2 is 2.47 bits per heavy atom. The number of allylic oxidation sites excluding steroid dienone is 3. The SMILES string of the molecule is C=N/C(=C\C(C#N)=C/C)N1CCC(=O)C1. The number of carbonyl (C=O) groups excluding carboxylic acids is 1. The number of carbonyl (C=O) groups is 1. The van der Waals surface area contributed by atoms with E-state index in [1.54, 1.807) is 19.1 Å². The fourth-order valence-corrected chi connectivity index (χ4v) is 1.38. The maximum Gasteiger partial charge on any atom is 0.153 e. The Morgan fingerprint density at radius 1 is 1.73 bits per heavy atom. The van der Waals surface area contributed by atoms with Crippen LogP contribution in [0.15, 0.2) is 28.5 Å². The van der Waals surface area contributed by atoms with Gasteiger partial charge in [0.1, 0.15) is 5.82 Å². The van der Waals surface area contributed by atoms with Gasteiger partial charge in [-0.2, -0.15) is 5.26 Å². The van der Waals surface area contributed by atoms with Gasteiger partial charge in [0.05, 0.1) is 18.2 Å². The lowest BCUT2D eigenvalue weighted by atomic mass is 10.2. The van der Waals surface area contributed by atoms with Crippen LogP contribution in [0.25, 0.3) is 0 Å². The average Bonchev–Trinajstić information content (AvgIpc) is 2.67. The van der Waals surface area contributed by atoms with E-state index in [0.717, 1.165) is 0 Å². The van der Waals surface area contributed by atoms with E-state index in [1.165, 1.54) is 0 Å². The highest BCUT2D eigenvalue weighted by atomic mass is 16.1. The zero-order chi connectivity index (χ0) is 11.3. The van der Waals surface area contributed by atoms with Gasteiger partial charge in [0, 0.05) is 13.0 Å². The van der Waals surface area contributed by atoms with E-state index in [4.69, 9.17) is 5.26 Å². The minimum absolute atomic E-state index is 0.198. The number of rotatable bonds is 3. The van der Waals surface area contributed by atoms with Crippen molar-refractivity contribution >= 4 is 12.5 Å². The van der Waals surface area contributed by atoms with Gasteiger partial charge in [0.2, 0.25) is 0 Å². The van der Waals surface area contributed by atoms with E-state index in [-0.39, 0.29) is 5.78 Å². The lowest BCUT2D eigenvalue weighted by Crippen LogP contribution is -2.19. The summed E-state index contributed by atoms with van der Waals surface area (Å²) in [5.41, 5.74) is 0.525. The summed E-state index contributed by atoms with van der Waals surface area (Å²) < 4.78 is 0. The number of likely N-dealkylation sites (tertiary alicyclic amines) is 1. The maximum absolute atomic E-state index is 11.1. The number of ketones is 1. The average molecular weight is 203 g/mol. The quantitative estimate of drug-likeness (QED) is 0.394. The number of aliphatic imine (C=N–C) groups is 1. The zero-order valence-corrected chi connectivity index (χ0v) is 8.73. The van der Waals surface area contributed by atoms with Gasteiger partial charge in [0.15, 0.2) is 5.78 Å². The van der Waals surface area contributed by atoms with Crippen LogP contribution < -0.4 is 0 Å². The van der Waals surface area contributed by atoms with Gasteiger partial charge >= 0.3 is 0 Å². The molecule has 1 aliphatic rings. The molecule has 15 heavy (non-hydrogen) atoms. The second kappa shape index (κ2) is 5.11. The second-order valence-corrected chi connectivity index (χ2v) is 3.23. The van der Waals surface area contributed by atoms with E-state index in [1.807, 2.05) is 11.0 Å². The van der Waals surface area contributed by atoms with Crippen molar-refractivity contribution in [2.45, 2.75) is 13.3 Å². The van der Waals surface area contributed by atoms with Crippen molar-refractivity contribution in [3.8, 4) is 6.07 Å². The Bertz CT molecular complexity index is 374. The third-order valence-corrected chi connectivity index (χ3v) is 2.24. The first-order valence-corrected chi connectivity index (χ1v) is 4.72. The Labute approximate surface area is 89.2 Å². The van der Waals surface area contributed by atoms with Crippen LogP contribution in [-0.4, -0.2) is 30.5 Å². The molecular formula is C11H13N3O. The van der Waals surface area contributed by atoms with E-state index in [9.17, 15) is 4.79 Å². The highest BCUT2D eigenvalue weighted by molar-refractivity contribution is 5.82. The van der Waals surface area contributed by atoms with Crippen LogP contribution in [0.1, 0.15) is 13.3 Å². The Kier molecular flexibility index (Phi) is 3.81. The van der Waals surface area contributed by atoms with Crippen molar-refractivity contribution in [2.24, 2.45) is 4.99 Å². The lowest BCUT2D eigenvalue weighted by molar-refractivity contribution is -0.116. The van der Waals surface area contributed by atoms with E-state index in [0.29, 0.717) is 30.9 Å². The highest BCUT2D eigenvalue weighted by Crippen LogP contribution is 2.14. The molecule has 0 amide bonds. The molecule has 0 bridgehead atoms. The third kappa shape index (κ3) is 2.78. The fraction of sp³-hybridized carbons (Fsp3) is 0.364. The number of nitrogens with zero attached hydrogens (tertiary/aromatic N) is 3. The smallest absolute Gasteiger partial charge is 0.153 e. The normalized spacial score (nSPS) is 17.9. The van der Waals surface area contributed by atoms with Crippen LogP contribution in [0, 0.1) is 11.3 Å². The molecule has 4 nitrogen and oxygen atoms in total. The summed E-state index contributed by atoms with van der Waals surface area (Å²) in [5, 5.41) is 8.75. The first-order valence-electron chi connectivity index (χ1n) is 4.72. The van der Waals surface area contributed by atoms with E-state index < -0.39 is 0 Å². The van der Waals surface area contributed by atoms with Crippen LogP contribution in [-0.2, 0) is 4.79 Å². The molecule has 1 aliphatic heterocycles. The fourth-order valence-electron chi connectivity index (χ4n) is 1.38. The van der Waals surface area contributed by atoms with E-state index in [2.05, 4.69) is 11.7 Å². The highest BCUT2D eigenvalue weighted by Gasteiger charge is 2.20. The number of Topliss-reactive ketones (excluding diaryl/α,β-unsaturated/α-hetero) is 1. The predicted molar refractivity (Wildman–Crippen MR) is 58.2 cm³/mol. The van der Waals surface area contributed by atoms with Gasteiger partial charge < -0.3 is 4.90 Å². The van der Waals surface area contributed by atoms with E-state index >= 15 is 0 Å². The van der Waals surface area contributed by atoms with Crippen LogP contribution in [0.3, 0.4) is 0 Å². The zero-order valence-electron chi connectivity index (χ0n) is 8.73. The minimum atomic E-state index is 0.198. The summed E-state index contributed by atoms with van der Waals surface area (Å²) in [7, 11) is 0. The van der Waals surface area contributed by atoms with Gasteiger partial charge in [0.25, 0.3) is 0 Å². The first kappa shape index (κ1) is 11.2. The minimum Gasteiger partial charge on any atom is -0.349 e. The standard InChI is InChI=1S/C11H13N3O/c1-3-9(7-12)6-11(13-2)14-5-4-10(15)8-14/h3,6H,2,4-5,8H2,1H3/b9-3+,11-6+. The summed E-state index contributed by atoms with van der Waals surface area (Å²) in [6.45, 7) is 6.25. The molecule has 0 aliphatic carbocycles. The molecule has 0 aromatic carbocycles. The van der Waals surface area contributed by atoms with Crippen molar-refractivity contribution in [3.05, 3.63) is 23.5 Å². The van der Waals surface area contributed by atoms with Crippen LogP contribution >= 0.6 is 0 Å². The van der Waals surface area contributed by atoms with Gasteiger partial charge in [-0.3, -0.25) is 4.79 Å². The molecule has 0 atom stereocenters. The van der Waals surface area contributed by atoms with Crippen LogP contribution in [0.5, 0.6) is 0 Å². The molecule has 0 saturated carbocycles. The molecular weight excluding hydrogens is 190 g/mol. The molecule has 4 heteroatoms. The van der Waals surface area contributed by atoms with Crippen molar-refractivity contribution < 1.29 is 4.79 Å². The first-order chi connectivity index (χ1) is 7.21. The Hall–Kier alpha value is -1.89. The summed E-state index contributed by atoms with van der Waals surface area (Å²) >= 11 is 0. The monoisotopic (exact) mass is 203 g/mol. The summed E-state index contributed by atoms with van der Waals surface area (Å²) in [5.74, 6) is 0.791. The molecule has 0 aromatic rings. The van der Waals surface area contributed by atoms with Crippen LogP contribution in [0.2, 0.25) is 0 Å². The summed E-state index contributed by atoms with van der Waals surface area (Å²) in [6, 6.07) is 2.04. The molecule has 1 saturated heterocycles. The van der Waals surface area contributed by atoms with Crippen molar-refractivity contribution in [1.29, 1.82) is 5.26 Å². The lowest BCUT2D eigenvalue weighted by Gasteiger charge is -2.15. The molecule has 1 fully saturated rings. The number of hydrogen-bond acceptors (Lipinski definition) is 4. The van der Waals surface area contributed by atoms with Gasteiger partial charge in [-0.15, -0.1) is 0 Å². The van der Waals surface area contributed by atoms with Gasteiger partial charge in [-0.25, -0.2) is 4.99 Å². The van der Waals surface area contributed by atoms with Crippen molar-refractivity contribution in [1.82, 2.24) is 4.90 Å². The summed E-state index contributed by atoms with van der Waals surface area (Å²) in [6.07, 6.45) is 3.89. The molecule has 1 rings (SSSR count). The largest absolute Gasteiger partial charge is 0.349 e. The third-order valence-electron chi connectivity index (χ3n) is 2.24. The maximum atomic E-state index is 11.1. The van der Waals surface area contributed by atoms with Gasteiger partial charge in [-0.1, -0.05) is 6.08 Å². The Balaban J connectivity index is 2.85. The summed E-state index contributed by atoms with van der Waals surface area (Å²) in [4.78, 5) is 16.8. The predicted octanol–water partition coefficient (Wildman–Crippen LogP) is 1.27. The van der Waals surface area contributed by atoms with Gasteiger partial charge in [-0.05, 0) is 19.7 Å². The van der Waals surface area contributed by atoms with Crippen molar-refractivity contribution in [2.75, 3.05) is 13.1 Å². The Morgan fingerprint density at radius 3 is 2.87 bits per heavy atom. The molecule has 0 radical (unpaired) electrons. The molecule has 0 N–H and O–H groups in total. The van der Waals surface area contributed by atoms with Crippen LogP contribution in [0.4, 0.5) is 0 Å². The molecule has 78 valence electrons. The van der Waals surface area contributed by atoms with Crippen molar-refractivity contribution in [3.63, 3.8) is 0 Å². The molecule has 0 aromatic heterocycles. The molecule has 0 spiro atoms. The number of hydrogen-bond donors (Lipinski definition) is 0. The second-order valence-electron chi connectivity index (χ2n) is 3.23. The molecule has 1 heterocycles.